The molecule has 1 spiro atoms. The third kappa shape index (κ3) is 4.46. The zero-order valence-electron chi connectivity index (χ0n) is 22.2. The molecule has 0 heterocycles. The smallest absolute Gasteiger partial charge is 0.309 e. The van der Waals surface area contributed by atoms with E-state index in [0.29, 0.717) is 30.4 Å². The van der Waals surface area contributed by atoms with Gasteiger partial charge in [0, 0.05) is 11.0 Å². The first-order valence-electron chi connectivity index (χ1n) is 13.9. The lowest BCUT2D eigenvalue weighted by Crippen LogP contribution is -2.15. The van der Waals surface area contributed by atoms with Crippen LogP contribution >= 0.6 is 0 Å². The number of hydrogen-bond donors (Lipinski definition) is 0. The standard InChI is InChI=1S/C33H35FO4/c1-3-37-32(35)30-19-33(30)15-14-23-9-10-25(18-29(23)33)38-20-21-8-12-26(27(16-21)22-6-4-5-7-22)28-17-24(36-2)11-13-31(28)34/h8-13,16-18,22,30H,3-7,14-15,19-20H2,1-2H3/t30-,33-/m0/s1. The van der Waals surface area contributed by atoms with Crippen LogP contribution in [0.5, 0.6) is 11.5 Å². The lowest BCUT2D eigenvalue weighted by atomic mass is 9.88. The molecule has 0 unspecified atom stereocenters. The van der Waals surface area contributed by atoms with Crippen molar-refractivity contribution in [3.63, 3.8) is 0 Å². The Labute approximate surface area is 224 Å². The molecular weight excluding hydrogens is 479 g/mol. The Kier molecular flexibility index (Phi) is 6.63. The summed E-state index contributed by atoms with van der Waals surface area (Å²) >= 11 is 0. The number of rotatable bonds is 8. The molecule has 2 atom stereocenters. The molecular formula is C33H35FO4. The number of fused-ring (bicyclic) bond motifs is 2. The third-order valence-corrected chi connectivity index (χ3v) is 8.88. The molecule has 3 aromatic rings. The summed E-state index contributed by atoms with van der Waals surface area (Å²) < 4.78 is 31.9. The summed E-state index contributed by atoms with van der Waals surface area (Å²) in [5.74, 6) is 1.56. The molecule has 0 radical (unpaired) electrons. The van der Waals surface area contributed by atoms with E-state index in [1.54, 1.807) is 19.2 Å². The van der Waals surface area contributed by atoms with Crippen molar-refractivity contribution in [2.24, 2.45) is 5.92 Å². The molecule has 198 valence electrons. The minimum absolute atomic E-state index is 0.0301. The van der Waals surface area contributed by atoms with Crippen LogP contribution in [0, 0.1) is 11.7 Å². The van der Waals surface area contributed by atoms with Gasteiger partial charge in [-0.2, -0.15) is 0 Å². The molecule has 2 fully saturated rings. The van der Waals surface area contributed by atoms with Gasteiger partial charge in [0.1, 0.15) is 23.9 Å². The Hall–Kier alpha value is -3.34. The van der Waals surface area contributed by atoms with Crippen LogP contribution < -0.4 is 9.47 Å². The predicted molar refractivity (Wildman–Crippen MR) is 145 cm³/mol. The number of benzene rings is 3. The number of hydrogen-bond acceptors (Lipinski definition) is 4. The van der Waals surface area contributed by atoms with Gasteiger partial charge in [0.25, 0.3) is 0 Å². The highest BCUT2D eigenvalue weighted by molar-refractivity contribution is 5.80. The van der Waals surface area contributed by atoms with E-state index in [1.807, 2.05) is 25.1 Å². The summed E-state index contributed by atoms with van der Waals surface area (Å²) in [6.45, 7) is 2.72. The molecule has 0 saturated heterocycles. The van der Waals surface area contributed by atoms with Gasteiger partial charge in [-0.05, 0) is 103 Å². The van der Waals surface area contributed by atoms with Gasteiger partial charge >= 0.3 is 5.97 Å². The Bertz CT molecular complexity index is 1360. The molecule has 0 amide bonds. The number of aryl methyl sites for hydroxylation is 1. The molecule has 38 heavy (non-hydrogen) atoms. The van der Waals surface area contributed by atoms with E-state index < -0.39 is 0 Å². The summed E-state index contributed by atoms with van der Waals surface area (Å²) in [5, 5.41) is 0. The van der Waals surface area contributed by atoms with Crippen LogP contribution in [0.4, 0.5) is 4.39 Å². The largest absolute Gasteiger partial charge is 0.497 e. The lowest BCUT2D eigenvalue weighted by molar-refractivity contribution is -0.145. The first-order chi connectivity index (χ1) is 18.5. The fourth-order valence-corrected chi connectivity index (χ4v) is 6.78. The van der Waals surface area contributed by atoms with Gasteiger partial charge in [-0.1, -0.05) is 37.1 Å². The monoisotopic (exact) mass is 514 g/mol. The van der Waals surface area contributed by atoms with Gasteiger partial charge in [0.2, 0.25) is 0 Å². The van der Waals surface area contributed by atoms with E-state index >= 15 is 0 Å². The molecule has 0 aliphatic heterocycles. The minimum Gasteiger partial charge on any atom is -0.497 e. The van der Waals surface area contributed by atoms with Crippen LogP contribution in [0.15, 0.2) is 54.6 Å². The average Bonchev–Trinajstić information content (AvgIpc) is 3.24. The Morgan fingerprint density at radius 1 is 1.00 bits per heavy atom. The van der Waals surface area contributed by atoms with Crippen LogP contribution in [-0.2, 0) is 28.0 Å². The van der Waals surface area contributed by atoms with Crippen LogP contribution in [0.1, 0.15) is 73.6 Å². The molecule has 3 aliphatic carbocycles. The molecule has 2 saturated carbocycles. The highest BCUT2D eigenvalue weighted by Crippen LogP contribution is 2.62. The first-order valence-corrected chi connectivity index (χ1v) is 13.9. The number of methoxy groups -OCH3 is 1. The van der Waals surface area contributed by atoms with E-state index in [0.717, 1.165) is 49.0 Å². The van der Waals surface area contributed by atoms with Crippen LogP contribution in [0.3, 0.4) is 0 Å². The second kappa shape index (κ2) is 10.1. The topological polar surface area (TPSA) is 44.8 Å². The van der Waals surface area contributed by atoms with Crippen molar-refractivity contribution in [2.45, 2.75) is 69.8 Å². The average molecular weight is 515 g/mol. The maximum absolute atomic E-state index is 14.9. The highest BCUT2D eigenvalue weighted by Gasteiger charge is 2.62. The van der Waals surface area contributed by atoms with Gasteiger partial charge in [-0.15, -0.1) is 0 Å². The maximum atomic E-state index is 14.9. The zero-order chi connectivity index (χ0) is 26.3. The molecule has 5 heteroatoms. The second-order valence-electron chi connectivity index (χ2n) is 11.0. The van der Waals surface area contributed by atoms with Gasteiger partial charge in [-0.25, -0.2) is 4.39 Å². The van der Waals surface area contributed by atoms with E-state index in [-0.39, 0.29) is 23.1 Å². The van der Waals surface area contributed by atoms with Crippen molar-refractivity contribution in [1.82, 2.24) is 0 Å². The Morgan fingerprint density at radius 2 is 1.82 bits per heavy atom. The van der Waals surface area contributed by atoms with Crippen molar-refractivity contribution < 1.29 is 23.4 Å². The van der Waals surface area contributed by atoms with Crippen LogP contribution in [0.25, 0.3) is 11.1 Å². The molecule has 4 nitrogen and oxygen atoms in total. The number of ether oxygens (including phenoxy) is 3. The van der Waals surface area contributed by atoms with Crippen molar-refractivity contribution >= 4 is 5.97 Å². The number of esters is 1. The van der Waals surface area contributed by atoms with E-state index in [1.165, 1.54) is 35.6 Å². The summed E-state index contributed by atoms with van der Waals surface area (Å²) in [7, 11) is 1.61. The molecule has 3 aromatic carbocycles. The van der Waals surface area contributed by atoms with Crippen LogP contribution in [-0.4, -0.2) is 19.7 Å². The Balaban J connectivity index is 1.24. The molecule has 6 rings (SSSR count). The second-order valence-corrected chi connectivity index (χ2v) is 11.0. The third-order valence-electron chi connectivity index (χ3n) is 8.88. The van der Waals surface area contributed by atoms with E-state index in [4.69, 9.17) is 14.2 Å². The van der Waals surface area contributed by atoms with Gasteiger partial charge in [0.05, 0.1) is 19.6 Å². The Morgan fingerprint density at radius 3 is 2.61 bits per heavy atom. The summed E-state index contributed by atoms with van der Waals surface area (Å²) in [6.07, 6.45) is 7.52. The summed E-state index contributed by atoms with van der Waals surface area (Å²) in [5.41, 5.74) is 6.29. The minimum atomic E-state index is -0.234. The van der Waals surface area contributed by atoms with Crippen molar-refractivity contribution in [1.29, 1.82) is 0 Å². The predicted octanol–water partition coefficient (Wildman–Crippen LogP) is 7.50. The molecule has 0 aromatic heterocycles. The van der Waals surface area contributed by atoms with Crippen molar-refractivity contribution in [2.75, 3.05) is 13.7 Å². The normalized spacial score (nSPS) is 21.9. The molecule has 0 bridgehead atoms. The zero-order valence-corrected chi connectivity index (χ0v) is 22.2. The molecule has 3 aliphatic rings. The number of halogens is 1. The maximum Gasteiger partial charge on any atom is 0.309 e. The number of carbonyl (C=O) groups is 1. The van der Waals surface area contributed by atoms with Gasteiger partial charge < -0.3 is 14.2 Å². The lowest BCUT2D eigenvalue weighted by Gasteiger charge is -2.19. The fourth-order valence-electron chi connectivity index (χ4n) is 6.78. The SMILES string of the molecule is CCOC(=O)[C@@H]1C[C@]12CCc1ccc(OCc3ccc(-c4cc(OC)ccc4F)c(C4CCCC4)c3)cc12. The van der Waals surface area contributed by atoms with Crippen molar-refractivity contribution in [3.8, 4) is 22.6 Å². The summed E-state index contributed by atoms with van der Waals surface area (Å²) in [4.78, 5) is 12.4. The highest BCUT2D eigenvalue weighted by atomic mass is 19.1. The first kappa shape index (κ1) is 25.0. The van der Waals surface area contributed by atoms with Gasteiger partial charge in [0.15, 0.2) is 0 Å². The van der Waals surface area contributed by atoms with Crippen LogP contribution in [0.2, 0.25) is 0 Å². The van der Waals surface area contributed by atoms with Gasteiger partial charge in [-0.3, -0.25) is 4.79 Å². The van der Waals surface area contributed by atoms with Crippen molar-refractivity contribution in [3.05, 3.63) is 82.7 Å². The van der Waals surface area contributed by atoms with E-state index in [2.05, 4.69) is 18.2 Å². The molecule has 0 N–H and O–H groups in total. The van der Waals surface area contributed by atoms with E-state index in [9.17, 15) is 9.18 Å². The number of carbonyl (C=O) groups excluding carboxylic acids is 1. The quantitative estimate of drug-likeness (QED) is 0.292. The fraction of sp³-hybridized carbons (Fsp3) is 0.424. The summed E-state index contributed by atoms with van der Waals surface area (Å²) in [6, 6.07) is 17.5.